The highest BCUT2D eigenvalue weighted by Crippen LogP contribution is 2.23. The zero-order valence-corrected chi connectivity index (χ0v) is 12.3. The van der Waals surface area contributed by atoms with E-state index in [0.29, 0.717) is 0 Å². The minimum atomic E-state index is -1.09. The molecule has 5 heteroatoms. The summed E-state index contributed by atoms with van der Waals surface area (Å²) >= 11 is 0. The first-order valence-electron chi connectivity index (χ1n) is 6.50. The van der Waals surface area contributed by atoms with Crippen LogP contribution in [0.4, 0.5) is 5.69 Å². The van der Waals surface area contributed by atoms with Gasteiger partial charge in [-0.2, -0.15) is 5.10 Å². The molecule has 0 saturated carbocycles. The van der Waals surface area contributed by atoms with Gasteiger partial charge in [-0.3, -0.25) is 9.48 Å². The fourth-order valence-corrected chi connectivity index (χ4v) is 2.11. The first-order chi connectivity index (χ1) is 9.34. The fraction of sp³-hybridized carbons (Fsp3) is 0.333. The lowest BCUT2D eigenvalue weighted by atomic mass is 9.92. The molecule has 1 unspecified atom stereocenters. The van der Waals surface area contributed by atoms with E-state index in [1.807, 2.05) is 51.2 Å². The Morgan fingerprint density at radius 1 is 1.30 bits per heavy atom. The summed E-state index contributed by atoms with van der Waals surface area (Å²) in [6.45, 7) is 5.48. The van der Waals surface area contributed by atoms with Crippen molar-refractivity contribution >= 4 is 11.6 Å². The van der Waals surface area contributed by atoms with Crippen LogP contribution in [0.3, 0.4) is 0 Å². The number of nitrogens with two attached hydrogens (primary N) is 1. The van der Waals surface area contributed by atoms with Gasteiger partial charge in [0.15, 0.2) is 0 Å². The highest BCUT2D eigenvalue weighted by Gasteiger charge is 2.31. The van der Waals surface area contributed by atoms with Gasteiger partial charge in [0.05, 0.1) is 17.1 Å². The molecule has 1 atom stereocenters. The van der Waals surface area contributed by atoms with E-state index in [4.69, 9.17) is 5.73 Å². The van der Waals surface area contributed by atoms with E-state index in [0.717, 1.165) is 22.6 Å². The predicted molar refractivity (Wildman–Crippen MR) is 79.3 cm³/mol. The monoisotopic (exact) mass is 272 g/mol. The fourth-order valence-electron chi connectivity index (χ4n) is 2.11. The predicted octanol–water partition coefficient (Wildman–Crippen LogP) is 1.85. The topological polar surface area (TPSA) is 72.9 Å². The minimum absolute atomic E-state index is 0.247. The summed E-state index contributed by atoms with van der Waals surface area (Å²) < 4.78 is 1.74. The van der Waals surface area contributed by atoms with Crippen LogP contribution < -0.4 is 11.1 Å². The zero-order chi connectivity index (χ0) is 14.9. The van der Waals surface area contributed by atoms with Gasteiger partial charge in [0.2, 0.25) is 5.91 Å². The van der Waals surface area contributed by atoms with Gasteiger partial charge in [-0.05, 0) is 26.3 Å². The van der Waals surface area contributed by atoms with Crippen molar-refractivity contribution in [2.75, 3.05) is 5.32 Å². The molecule has 5 nitrogen and oxygen atoms in total. The Morgan fingerprint density at radius 3 is 2.40 bits per heavy atom. The molecule has 3 N–H and O–H groups in total. The summed E-state index contributed by atoms with van der Waals surface area (Å²) in [5.74, 6) is -0.247. The number of carbonyl (C=O) groups is 1. The molecule has 0 spiro atoms. The van der Waals surface area contributed by atoms with Crippen LogP contribution in [0.25, 0.3) is 0 Å². The van der Waals surface area contributed by atoms with Crippen molar-refractivity contribution in [2.45, 2.75) is 26.3 Å². The van der Waals surface area contributed by atoms with Gasteiger partial charge in [0, 0.05) is 7.05 Å². The van der Waals surface area contributed by atoms with Gasteiger partial charge >= 0.3 is 0 Å². The number of hydrogen-bond donors (Lipinski definition) is 2. The summed E-state index contributed by atoms with van der Waals surface area (Å²) in [5.41, 5.74) is 8.29. The Balaban J connectivity index is 2.28. The van der Waals surface area contributed by atoms with Gasteiger partial charge in [-0.15, -0.1) is 0 Å². The summed E-state index contributed by atoms with van der Waals surface area (Å²) in [4.78, 5) is 12.5. The number of nitrogens with one attached hydrogen (secondary N) is 1. The van der Waals surface area contributed by atoms with Crippen molar-refractivity contribution < 1.29 is 4.79 Å². The normalized spacial score (nSPS) is 13.8. The van der Waals surface area contributed by atoms with E-state index >= 15 is 0 Å². The lowest BCUT2D eigenvalue weighted by molar-refractivity contribution is -0.120. The highest BCUT2D eigenvalue weighted by molar-refractivity contribution is 5.99. The summed E-state index contributed by atoms with van der Waals surface area (Å²) in [7, 11) is 1.84. The van der Waals surface area contributed by atoms with Gasteiger partial charge in [-0.25, -0.2) is 0 Å². The van der Waals surface area contributed by atoms with Gasteiger partial charge in [0.1, 0.15) is 5.54 Å². The molecule has 0 aliphatic rings. The molecule has 0 saturated heterocycles. The first kappa shape index (κ1) is 14.3. The van der Waals surface area contributed by atoms with Crippen molar-refractivity contribution in [3.8, 4) is 0 Å². The molecular formula is C15H20N4O. The van der Waals surface area contributed by atoms with Crippen LogP contribution in [-0.2, 0) is 17.4 Å². The second kappa shape index (κ2) is 5.09. The maximum absolute atomic E-state index is 12.5. The van der Waals surface area contributed by atoms with Crippen molar-refractivity contribution in [2.24, 2.45) is 12.8 Å². The van der Waals surface area contributed by atoms with Crippen LogP contribution in [0.1, 0.15) is 23.9 Å². The maximum Gasteiger partial charge on any atom is 0.248 e. The third-order valence-corrected chi connectivity index (χ3v) is 3.59. The molecule has 20 heavy (non-hydrogen) atoms. The SMILES string of the molecule is Cc1nn(C)c(C)c1NC(=O)C(C)(N)c1ccccc1. The third-order valence-electron chi connectivity index (χ3n) is 3.59. The Hall–Kier alpha value is -2.14. The largest absolute Gasteiger partial charge is 0.321 e. The van der Waals surface area contributed by atoms with Crippen LogP contribution in [0.15, 0.2) is 30.3 Å². The van der Waals surface area contributed by atoms with Gasteiger partial charge in [0.25, 0.3) is 0 Å². The van der Waals surface area contributed by atoms with E-state index in [9.17, 15) is 4.79 Å². The van der Waals surface area contributed by atoms with Crippen LogP contribution in [-0.4, -0.2) is 15.7 Å². The average molecular weight is 272 g/mol. The van der Waals surface area contributed by atoms with Crippen LogP contribution in [0.2, 0.25) is 0 Å². The van der Waals surface area contributed by atoms with Crippen LogP contribution >= 0.6 is 0 Å². The second-order valence-electron chi connectivity index (χ2n) is 5.19. The van der Waals surface area contributed by atoms with Crippen molar-refractivity contribution in [1.29, 1.82) is 0 Å². The number of aryl methyl sites for hydroxylation is 2. The maximum atomic E-state index is 12.5. The molecule has 1 amide bonds. The molecule has 2 aromatic rings. The molecule has 0 aliphatic carbocycles. The third kappa shape index (κ3) is 2.44. The highest BCUT2D eigenvalue weighted by atomic mass is 16.2. The van der Waals surface area contributed by atoms with E-state index < -0.39 is 5.54 Å². The summed E-state index contributed by atoms with van der Waals surface area (Å²) in [5, 5.41) is 7.17. The molecule has 2 rings (SSSR count). The standard InChI is InChI=1S/C15H20N4O/c1-10-13(11(2)19(4)18-10)17-14(20)15(3,16)12-8-6-5-7-9-12/h5-9H,16H2,1-4H3,(H,17,20). The second-order valence-corrected chi connectivity index (χ2v) is 5.19. The molecular weight excluding hydrogens is 252 g/mol. The minimum Gasteiger partial charge on any atom is -0.321 e. The Labute approximate surface area is 118 Å². The molecule has 0 fully saturated rings. The molecule has 0 radical (unpaired) electrons. The average Bonchev–Trinajstić information content (AvgIpc) is 2.66. The van der Waals surface area contributed by atoms with Crippen LogP contribution in [0.5, 0.6) is 0 Å². The number of nitrogens with zero attached hydrogens (tertiary/aromatic N) is 2. The molecule has 1 aromatic heterocycles. The molecule has 1 aromatic carbocycles. The first-order valence-corrected chi connectivity index (χ1v) is 6.50. The van der Waals surface area contributed by atoms with Crippen molar-refractivity contribution in [3.05, 3.63) is 47.3 Å². The number of aromatic nitrogens is 2. The lowest BCUT2D eigenvalue weighted by Crippen LogP contribution is -2.45. The van der Waals surface area contributed by atoms with Gasteiger partial charge in [-0.1, -0.05) is 30.3 Å². The van der Waals surface area contributed by atoms with E-state index in [-0.39, 0.29) is 5.91 Å². The number of rotatable bonds is 3. The van der Waals surface area contributed by atoms with E-state index in [1.165, 1.54) is 0 Å². The number of anilines is 1. The number of carbonyl (C=O) groups excluding carboxylic acids is 1. The van der Waals surface area contributed by atoms with Crippen molar-refractivity contribution in [1.82, 2.24) is 9.78 Å². The summed E-state index contributed by atoms with van der Waals surface area (Å²) in [6, 6.07) is 9.33. The summed E-state index contributed by atoms with van der Waals surface area (Å²) in [6.07, 6.45) is 0. The van der Waals surface area contributed by atoms with Crippen molar-refractivity contribution in [3.63, 3.8) is 0 Å². The quantitative estimate of drug-likeness (QED) is 0.895. The van der Waals surface area contributed by atoms with Gasteiger partial charge < -0.3 is 11.1 Å². The molecule has 0 bridgehead atoms. The zero-order valence-electron chi connectivity index (χ0n) is 12.3. The molecule has 1 heterocycles. The molecule has 106 valence electrons. The smallest absolute Gasteiger partial charge is 0.248 e. The number of amides is 1. The lowest BCUT2D eigenvalue weighted by Gasteiger charge is -2.24. The molecule has 0 aliphatic heterocycles. The Bertz CT molecular complexity index is 629. The van der Waals surface area contributed by atoms with E-state index in [1.54, 1.807) is 11.6 Å². The Morgan fingerprint density at radius 2 is 1.90 bits per heavy atom. The van der Waals surface area contributed by atoms with Crippen LogP contribution in [0, 0.1) is 13.8 Å². The number of benzene rings is 1. The number of hydrogen-bond acceptors (Lipinski definition) is 3. The Kier molecular flexibility index (Phi) is 3.63. The van der Waals surface area contributed by atoms with E-state index in [2.05, 4.69) is 10.4 Å².